The summed E-state index contributed by atoms with van der Waals surface area (Å²) in [5.41, 5.74) is 7.17. The van der Waals surface area contributed by atoms with E-state index in [0.29, 0.717) is 23.5 Å². The second kappa shape index (κ2) is 15.8. The van der Waals surface area contributed by atoms with Crippen LogP contribution in [0.1, 0.15) is 47.2 Å². The standard InChI is InChI=1S/C33H46O4S6/c1-20-11-24(12-21(2)30(20)35-15-26(34)17-38-18-28-39-7-8-40-28)33(5,6)25-13-22(3)31(23(4)14-25)36-16-27-32(37-27)43-19-29-41-9-10-42-29/h11-14,26-29,32,34H,7-10,15-19H2,1-6H3. The Morgan fingerprint density at radius 1 is 0.814 bits per heavy atom. The Hall–Kier alpha value is 0.0600. The number of epoxide rings is 1. The monoisotopic (exact) mass is 698 g/mol. The summed E-state index contributed by atoms with van der Waals surface area (Å²) < 4.78 is 19.8. The van der Waals surface area contributed by atoms with Gasteiger partial charge in [-0.2, -0.15) is 11.8 Å². The van der Waals surface area contributed by atoms with E-state index in [0.717, 1.165) is 49.8 Å². The molecule has 0 spiro atoms. The number of hydrogen-bond acceptors (Lipinski definition) is 10. The summed E-state index contributed by atoms with van der Waals surface area (Å²) in [5, 5.41) is 10.5. The van der Waals surface area contributed by atoms with Crippen LogP contribution in [-0.4, -0.2) is 85.4 Å². The van der Waals surface area contributed by atoms with Crippen LogP contribution in [0.15, 0.2) is 24.3 Å². The Balaban J connectivity index is 1.15. The van der Waals surface area contributed by atoms with E-state index in [1.54, 1.807) is 0 Å². The number of thioether (sulfide) groups is 6. The van der Waals surface area contributed by atoms with Gasteiger partial charge in [0, 0.05) is 45.7 Å². The molecule has 3 unspecified atom stereocenters. The Morgan fingerprint density at radius 2 is 1.30 bits per heavy atom. The number of aryl methyl sites for hydroxylation is 4. The highest BCUT2D eigenvalue weighted by Gasteiger charge is 2.41. The first-order chi connectivity index (χ1) is 20.6. The lowest BCUT2D eigenvalue weighted by atomic mass is 9.76. The highest BCUT2D eigenvalue weighted by Crippen LogP contribution is 2.42. The summed E-state index contributed by atoms with van der Waals surface area (Å²) >= 11 is 12.0. The summed E-state index contributed by atoms with van der Waals surface area (Å²) in [7, 11) is 0. The van der Waals surface area contributed by atoms with Crippen LogP contribution in [0.2, 0.25) is 0 Å². The van der Waals surface area contributed by atoms with Gasteiger partial charge < -0.3 is 19.3 Å². The number of ether oxygens (including phenoxy) is 3. The minimum atomic E-state index is -0.464. The van der Waals surface area contributed by atoms with Gasteiger partial charge in [0.2, 0.25) is 0 Å². The summed E-state index contributed by atoms with van der Waals surface area (Å²) in [6.07, 6.45) is -0.271. The maximum Gasteiger partial charge on any atom is 0.133 e. The number of benzene rings is 2. The topological polar surface area (TPSA) is 51.2 Å². The van der Waals surface area contributed by atoms with E-state index in [2.05, 4.69) is 89.3 Å². The van der Waals surface area contributed by atoms with Gasteiger partial charge in [0.25, 0.3) is 0 Å². The van der Waals surface area contributed by atoms with Gasteiger partial charge in [-0.25, -0.2) is 0 Å². The molecule has 3 saturated heterocycles. The van der Waals surface area contributed by atoms with Crippen molar-refractivity contribution in [1.82, 2.24) is 0 Å². The van der Waals surface area contributed by atoms with Crippen LogP contribution in [0.25, 0.3) is 0 Å². The molecule has 2 aromatic carbocycles. The van der Waals surface area contributed by atoms with Gasteiger partial charge in [0.05, 0.1) is 15.3 Å². The van der Waals surface area contributed by atoms with Gasteiger partial charge in [0.1, 0.15) is 36.3 Å². The highest BCUT2D eigenvalue weighted by molar-refractivity contribution is 8.21. The van der Waals surface area contributed by atoms with E-state index in [4.69, 9.17) is 14.2 Å². The molecule has 0 radical (unpaired) electrons. The van der Waals surface area contributed by atoms with Gasteiger partial charge in [-0.1, -0.05) is 38.1 Å². The van der Waals surface area contributed by atoms with Crippen LogP contribution in [0.5, 0.6) is 11.5 Å². The van der Waals surface area contributed by atoms with Crippen molar-refractivity contribution in [2.45, 2.75) is 73.8 Å². The number of aliphatic hydroxyl groups is 1. The molecule has 3 aliphatic heterocycles. The summed E-state index contributed by atoms with van der Waals surface area (Å²) in [4.78, 5) is 0. The molecule has 3 atom stereocenters. The van der Waals surface area contributed by atoms with Crippen molar-refractivity contribution in [2.75, 3.05) is 53.5 Å². The van der Waals surface area contributed by atoms with Crippen LogP contribution in [0.4, 0.5) is 0 Å². The van der Waals surface area contributed by atoms with Crippen molar-refractivity contribution in [1.29, 1.82) is 0 Å². The van der Waals surface area contributed by atoms with Crippen LogP contribution < -0.4 is 9.47 Å². The molecule has 10 heteroatoms. The van der Waals surface area contributed by atoms with E-state index in [-0.39, 0.29) is 17.0 Å². The Bertz CT molecular complexity index is 1120. The largest absolute Gasteiger partial charge is 0.490 e. The molecule has 1 N–H and O–H groups in total. The maximum atomic E-state index is 10.5. The zero-order valence-corrected chi connectivity index (χ0v) is 31.1. The zero-order chi connectivity index (χ0) is 30.6. The smallest absolute Gasteiger partial charge is 0.133 e. The fraction of sp³-hybridized carbons (Fsp3) is 0.636. The van der Waals surface area contributed by atoms with E-state index in [1.165, 1.54) is 34.1 Å². The molecule has 238 valence electrons. The lowest BCUT2D eigenvalue weighted by Gasteiger charge is -2.29. The highest BCUT2D eigenvalue weighted by atomic mass is 32.2. The van der Waals surface area contributed by atoms with E-state index >= 15 is 0 Å². The van der Waals surface area contributed by atoms with Gasteiger partial charge in [-0.3, -0.25) is 0 Å². The minimum Gasteiger partial charge on any atom is -0.490 e. The summed E-state index contributed by atoms with van der Waals surface area (Å²) in [5.74, 6) is 9.89. The van der Waals surface area contributed by atoms with Crippen molar-refractivity contribution in [3.63, 3.8) is 0 Å². The lowest BCUT2D eigenvalue weighted by molar-refractivity contribution is 0.125. The third-order valence-corrected chi connectivity index (χ3v) is 17.4. The number of hydrogen-bond donors (Lipinski definition) is 1. The average molecular weight is 699 g/mol. The van der Waals surface area contributed by atoms with Gasteiger partial charge in [0.15, 0.2) is 0 Å². The predicted octanol–water partition coefficient (Wildman–Crippen LogP) is 8.17. The van der Waals surface area contributed by atoms with E-state index in [9.17, 15) is 5.11 Å². The second-order valence-corrected chi connectivity index (χ2v) is 20.1. The quantitative estimate of drug-likeness (QED) is 0.185. The van der Waals surface area contributed by atoms with Gasteiger partial charge in [-0.15, -0.1) is 58.8 Å². The first kappa shape index (κ1) is 34.4. The molecule has 43 heavy (non-hydrogen) atoms. The normalized spacial score (nSPS) is 21.8. The molecular formula is C33H46O4S6. The zero-order valence-electron chi connectivity index (χ0n) is 26.2. The van der Waals surface area contributed by atoms with Gasteiger partial charge >= 0.3 is 0 Å². The molecule has 0 amide bonds. The third kappa shape index (κ3) is 9.33. The molecule has 3 heterocycles. The third-order valence-electron chi connectivity index (χ3n) is 8.05. The number of aliphatic hydroxyl groups excluding tert-OH is 1. The molecule has 0 bridgehead atoms. The van der Waals surface area contributed by atoms with Crippen molar-refractivity contribution in [3.8, 4) is 11.5 Å². The molecule has 2 aromatic rings. The summed E-state index contributed by atoms with van der Waals surface area (Å²) in [6, 6.07) is 9.06. The van der Waals surface area contributed by atoms with Crippen molar-refractivity contribution < 1.29 is 19.3 Å². The molecule has 5 rings (SSSR count). The second-order valence-electron chi connectivity index (χ2n) is 12.0. The van der Waals surface area contributed by atoms with Crippen molar-refractivity contribution >= 4 is 70.6 Å². The van der Waals surface area contributed by atoms with Gasteiger partial charge in [-0.05, 0) is 61.1 Å². The predicted molar refractivity (Wildman–Crippen MR) is 197 cm³/mol. The molecule has 0 aliphatic carbocycles. The maximum absolute atomic E-state index is 10.5. The Morgan fingerprint density at radius 3 is 1.84 bits per heavy atom. The van der Waals surface area contributed by atoms with Crippen LogP contribution in [0, 0.1) is 27.7 Å². The molecular weight excluding hydrogens is 653 g/mol. The fourth-order valence-electron chi connectivity index (χ4n) is 5.51. The summed E-state index contributed by atoms with van der Waals surface area (Å²) in [6.45, 7) is 14.0. The minimum absolute atomic E-state index is 0.188. The molecule has 4 nitrogen and oxygen atoms in total. The molecule has 0 saturated carbocycles. The Kier molecular flexibility index (Phi) is 12.6. The lowest BCUT2D eigenvalue weighted by Crippen LogP contribution is -2.22. The molecule has 3 fully saturated rings. The van der Waals surface area contributed by atoms with Crippen LogP contribution in [-0.2, 0) is 10.2 Å². The van der Waals surface area contributed by atoms with Crippen molar-refractivity contribution in [3.05, 3.63) is 57.6 Å². The average Bonchev–Trinajstić information content (AvgIpc) is 3.30. The molecule has 3 aliphatic rings. The molecule has 0 aromatic heterocycles. The first-order valence-electron chi connectivity index (χ1n) is 15.1. The van der Waals surface area contributed by atoms with Crippen LogP contribution >= 0.6 is 70.6 Å². The SMILES string of the molecule is Cc1cc(C(C)(C)c2cc(C)c(OCC3OC3SCC3SCCS3)c(C)c2)cc(C)c1OCC(O)CSCC1SCCS1. The van der Waals surface area contributed by atoms with E-state index < -0.39 is 6.10 Å². The first-order valence-corrected chi connectivity index (χ1v) is 21.5. The van der Waals surface area contributed by atoms with E-state index in [1.807, 2.05) is 47.0 Å². The van der Waals surface area contributed by atoms with Crippen LogP contribution in [0.3, 0.4) is 0 Å². The Labute approximate surface area is 284 Å². The van der Waals surface area contributed by atoms with Crippen molar-refractivity contribution in [2.24, 2.45) is 0 Å². The number of rotatable bonds is 15. The fourth-order valence-corrected chi connectivity index (χ4v) is 14.2.